The molecule has 0 atom stereocenters. The Bertz CT molecular complexity index is 1170. The molecule has 2 aromatic carbocycles. The number of amides is 2. The van der Waals surface area contributed by atoms with Gasteiger partial charge in [-0.1, -0.05) is 56.1 Å². The number of thiazole rings is 2. The number of benzene rings is 2. The van der Waals surface area contributed by atoms with E-state index in [-0.39, 0.29) is 11.8 Å². The lowest BCUT2D eigenvalue weighted by atomic mass is 10.2. The fourth-order valence-electron chi connectivity index (χ4n) is 3.10. The van der Waals surface area contributed by atoms with Gasteiger partial charge in [-0.2, -0.15) is 0 Å². The van der Waals surface area contributed by atoms with E-state index >= 15 is 0 Å². The number of hydrogen-bond donors (Lipinski definition) is 2. The maximum Gasteiger partial charge on any atom is 0.226 e. The second-order valence-corrected chi connectivity index (χ2v) is 10.9. The Morgan fingerprint density at radius 3 is 1.44 bits per heavy atom. The van der Waals surface area contributed by atoms with Gasteiger partial charge < -0.3 is 10.6 Å². The van der Waals surface area contributed by atoms with E-state index in [4.69, 9.17) is 0 Å². The number of carbonyl (C=O) groups is 2. The summed E-state index contributed by atoms with van der Waals surface area (Å²) in [7, 11) is 0. The summed E-state index contributed by atoms with van der Waals surface area (Å²) in [6, 6.07) is 15.7. The van der Waals surface area contributed by atoms with Gasteiger partial charge in [-0.15, -0.1) is 22.7 Å². The van der Waals surface area contributed by atoms with E-state index < -0.39 is 0 Å². The number of halogens is 2. The molecule has 2 aromatic heterocycles. The van der Waals surface area contributed by atoms with Crippen LogP contribution in [0.25, 0.3) is 22.5 Å². The number of nitrogens with zero attached hydrogens (tertiary/aromatic N) is 2. The highest BCUT2D eigenvalue weighted by molar-refractivity contribution is 9.10. The van der Waals surface area contributed by atoms with Crippen LogP contribution >= 0.6 is 54.5 Å². The molecule has 0 spiro atoms. The Kier molecular flexibility index (Phi) is 8.60. The van der Waals surface area contributed by atoms with Gasteiger partial charge in [0, 0.05) is 43.7 Å². The van der Waals surface area contributed by atoms with Gasteiger partial charge in [-0.25, -0.2) is 9.97 Å². The molecular weight excluding hydrogens is 600 g/mol. The van der Waals surface area contributed by atoms with Gasteiger partial charge in [0.25, 0.3) is 0 Å². The molecule has 2 N–H and O–H groups in total. The third-order valence-electron chi connectivity index (χ3n) is 4.84. The third kappa shape index (κ3) is 7.05. The minimum atomic E-state index is -0.101. The van der Waals surface area contributed by atoms with Crippen LogP contribution in [0.2, 0.25) is 0 Å². The zero-order valence-electron chi connectivity index (χ0n) is 17.9. The van der Waals surface area contributed by atoms with Gasteiger partial charge in [0.1, 0.15) is 0 Å². The molecule has 0 bridgehead atoms. The number of anilines is 2. The summed E-state index contributed by atoms with van der Waals surface area (Å²) in [6.45, 7) is 0. The maximum absolute atomic E-state index is 12.2. The summed E-state index contributed by atoms with van der Waals surface area (Å²) in [6.07, 6.45) is 1.91. The quantitative estimate of drug-likeness (QED) is 0.189. The molecule has 34 heavy (non-hydrogen) atoms. The molecule has 0 unspecified atom stereocenters. The first kappa shape index (κ1) is 24.7. The number of carbonyl (C=O) groups excluding carboxylic acids is 2. The molecule has 4 rings (SSSR count). The summed E-state index contributed by atoms with van der Waals surface area (Å²) >= 11 is 9.63. The van der Waals surface area contributed by atoms with Crippen molar-refractivity contribution >= 4 is 76.6 Å². The molecule has 0 radical (unpaired) electrons. The first-order valence-electron chi connectivity index (χ1n) is 10.5. The van der Waals surface area contributed by atoms with Gasteiger partial charge in [-0.3, -0.25) is 9.59 Å². The highest BCUT2D eigenvalue weighted by atomic mass is 79.9. The SMILES string of the molecule is O=C(CCCCC(=O)Nc1nc(-c2ccc(Br)cc2)cs1)Nc1nc(-c2ccc(Br)cc2)cs1. The number of rotatable bonds is 9. The van der Waals surface area contributed by atoms with Gasteiger partial charge in [0.2, 0.25) is 11.8 Å². The fraction of sp³-hybridized carbons (Fsp3) is 0.167. The van der Waals surface area contributed by atoms with Crippen LogP contribution in [0.5, 0.6) is 0 Å². The highest BCUT2D eigenvalue weighted by Crippen LogP contribution is 2.27. The Morgan fingerprint density at radius 2 is 1.06 bits per heavy atom. The van der Waals surface area contributed by atoms with E-state index in [1.165, 1.54) is 22.7 Å². The van der Waals surface area contributed by atoms with Crippen molar-refractivity contribution in [2.75, 3.05) is 10.6 Å². The van der Waals surface area contributed by atoms with E-state index in [0.717, 1.165) is 31.5 Å². The number of unbranched alkanes of at least 4 members (excludes halogenated alkanes) is 1. The van der Waals surface area contributed by atoms with Crippen molar-refractivity contribution in [1.82, 2.24) is 9.97 Å². The van der Waals surface area contributed by atoms with Crippen LogP contribution in [0.15, 0.2) is 68.2 Å². The van der Waals surface area contributed by atoms with Crippen molar-refractivity contribution in [3.63, 3.8) is 0 Å². The van der Waals surface area contributed by atoms with Crippen molar-refractivity contribution in [1.29, 1.82) is 0 Å². The smallest absolute Gasteiger partial charge is 0.226 e. The van der Waals surface area contributed by atoms with E-state index in [2.05, 4.69) is 52.5 Å². The topological polar surface area (TPSA) is 84.0 Å². The van der Waals surface area contributed by atoms with Gasteiger partial charge in [0.15, 0.2) is 10.3 Å². The molecule has 0 aliphatic rings. The van der Waals surface area contributed by atoms with E-state index in [1.54, 1.807) is 0 Å². The average Bonchev–Trinajstić information content (AvgIpc) is 3.48. The molecule has 10 heteroatoms. The molecule has 6 nitrogen and oxygen atoms in total. The van der Waals surface area contributed by atoms with Gasteiger partial charge in [-0.05, 0) is 37.1 Å². The Morgan fingerprint density at radius 1 is 0.676 bits per heavy atom. The predicted molar refractivity (Wildman–Crippen MR) is 146 cm³/mol. The van der Waals surface area contributed by atoms with Crippen LogP contribution in [-0.4, -0.2) is 21.8 Å². The van der Waals surface area contributed by atoms with Crippen LogP contribution < -0.4 is 10.6 Å². The van der Waals surface area contributed by atoms with Crippen LogP contribution in [-0.2, 0) is 9.59 Å². The lowest BCUT2D eigenvalue weighted by molar-refractivity contribution is -0.118. The largest absolute Gasteiger partial charge is 0.302 e. The number of hydrogen-bond acceptors (Lipinski definition) is 6. The van der Waals surface area contributed by atoms with Crippen molar-refractivity contribution in [3.8, 4) is 22.5 Å². The predicted octanol–water partition coefficient (Wildman–Crippen LogP) is 7.60. The summed E-state index contributed by atoms with van der Waals surface area (Å²) in [5, 5.41) is 10.7. The minimum Gasteiger partial charge on any atom is -0.302 e. The second-order valence-electron chi connectivity index (χ2n) is 7.39. The third-order valence-corrected chi connectivity index (χ3v) is 7.41. The van der Waals surface area contributed by atoms with Crippen molar-refractivity contribution in [2.45, 2.75) is 25.7 Å². The average molecular weight is 620 g/mol. The van der Waals surface area contributed by atoms with Gasteiger partial charge >= 0.3 is 0 Å². The molecule has 2 amide bonds. The molecule has 0 fully saturated rings. The first-order chi connectivity index (χ1) is 16.5. The van der Waals surface area contributed by atoms with Crippen LogP contribution in [0.4, 0.5) is 10.3 Å². The minimum absolute atomic E-state index is 0.101. The van der Waals surface area contributed by atoms with Crippen LogP contribution in [0.1, 0.15) is 25.7 Å². The molecule has 2 heterocycles. The zero-order chi connectivity index (χ0) is 23.9. The van der Waals surface area contributed by atoms with Crippen molar-refractivity contribution in [3.05, 3.63) is 68.2 Å². The zero-order valence-corrected chi connectivity index (χ0v) is 22.7. The lowest BCUT2D eigenvalue weighted by Crippen LogP contribution is -2.13. The molecule has 4 aromatic rings. The molecule has 0 aliphatic carbocycles. The summed E-state index contributed by atoms with van der Waals surface area (Å²) in [5.41, 5.74) is 3.65. The summed E-state index contributed by atoms with van der Waals surface area (Å²) < 4.78 is 2.01. The molecule has 0 saturated heterocycles. The van der Waals surface area contributed by atoms with E-state index in [0.29, 0.717) is 35.9 Å². The van der Waals surface area contributed by atoms with E-state index in [9.17, 15) is 9.59 Å². The summed E-state index contributed by atoms with van der Waals surface area (Å²) in [4.78, 5) is 33.4. The van der Waals surface area contributed by atoms with Crippen LogP contribution in [0, 0.1) is 0 Å². The molecule has 174 valence electrons. The molecular formula is C24H20Br2N4O2S2. The van der Waals surface area contributed by atoms with Crippen molar-refractivity contribution < 1.29 is 9.59 Å². The fourth-order valence-corrected chi connectivity index (χ4v) is 5.10. The first-order valence-corrected chi connectivity index (χ1v) is 13.8. The normalized spacial score (nSPS) is 10.8. The maximum atomic E-state index is 12.2. The Balaban J connectivity index is 1.17. The second kappa shape index (κ2) is 11.8. The van der Waals surface area contributed by atoms with Gasteiger partial charge in [0.05, 0.1) is 11.4 Å². The Labute approximate surface area is 222 Å². The standard InChI is InChI=1S/C24H20Br2N4O2S2/c25-17-9-5-15(6-10-17)19-13-33-23(27-19)29-21(31)3-1-2-4-22(32)30-24-28-20(14-34-24)16-7-11-18(26)12-8-16/h5-14H,1-4H2,(H,27,29,31)(H,28,30,32). The van der Waals surface area contributed by atoms with Crippen LogP contribution in [0.3, 0.4) is 0 Å². The monoisotopic (exact) mass is 618 g/mol. The molecule has 0 saturated carbocycles. The summed E-state index contributed by atoms with van der Waals surface area (Å²) in [5.74, 6) is -0.202. The Hall–Kier alpha value is -2.40. The number of nitrogens with one attached hydrogen (secondary N) is 2. The molecule has 0 aliphatic heterocycles. The highest BCUT2D eigenvalue weighted by Gasteiger charge is 2.11. The number of aromatic nitrogens is 2. The van der Waals surface area contributed by atoms with E-state index in [1.807, 2.05) is 59.3 Å². The van der Waals surface area contributed by atoms with Crippen molar-refractivity contribution in [2.24, 2.45) is 0 Å². The lowest BCUT2D eigenvalue weighted by Gasteiger charge is -2.03.